The maximum Gasteiger partial charge on any atom is 0.234 e. The number of nitrogens with one attached hydrogen (secondary N) is 1. The molecule has 3 nitrogen and oxygen atoms in total. The molecule has 0 saturated carbocycles. The van der Waals surface area contributed by atoms with E-state index in [-0.39, 0.29) is 5.91 Å². The van der Waals surface area contributed by atoms with Crippen molar-refractivity contribution in [2.75, 3.05) is 17.7 Å². The SMILES string of the molecule is CCCCOc1ccc(NC(=O)CSc2ccc(Cl)cc2)cc1. The zero-order valence-electron chi connectivity index (χ0n) is 13.0. The van der Waals surface area contributed by atoms with Gasteiger partial charge >= 0.3 is 0 Å². The number of rotatable bonds is 8. The Bertz CT molecular complexity index is 614. The largest absolute Gasteiger partial charge is 0.494 e. The molecule has 5 heteroatoms. The fraction of sp³-hybridized carbons (Fsp3) is 0.278. The highest BCUT2D eigenvalue weighted by Gasteiger charge is 2.04. The molecule has 2 aromatic rings. The minimum Gasteiger partial charge on any atom is -0.494 e. The Morgan fingerprint density at radius 1 is 1.13 bits per heavy atom. The first-order valence-corrected chi connectivity index (χ1v) is 8.95. The first-order chi connectivity index (χ1) is 11.2. The normalized spacial score (nSPS) is 10.3. The minimum absolute atomic E-state index is 0.0374. The van der Waals surface area contributed by atoms with E-state index in [0.29, 0.717) is 10.8 Å². The van der Waals surface area contributed by atoms with E-state index in [1.807, 2.05) is 48.5 Å². The standard InChI is InChI=1S/C18H20ClNO2S/c1-2-3-12-22-16-8-6-15(7-9-16)20-18(21)13-23-17-10-4-14(19)5-11-17/h4-11H,2-3,12-13H2,1H3,(H,20,21). The molecule has 0 atom stereocenters. The summed E-state index contributed by atoms with van der Waals surface area (Å²) in [6.45, 7) is 2.85. The minimum atomic E-state index is -0.0374. The number of hydrogen-bond donors (Lipinski definition) is 1. The number of carbonyl (C=O) groups excluding carboxylic acids is 1. The molecule has 0 aliphatic rings. The summed E-state index contributed by atoms with van der Waals surface area (Å²) in [6, 6.07) is 14.9. The van der Waals surface area contributed by atoms with Gasteiger partial charge in [0.05, 0.1) is 12.4 Å². The van der Waals surface area contributed by atoms with Gasteiger partial charge < -0.3 is 10.1 Å². The van der Waals surface area contributed by atoms with Crippen molar-refractivity contribution in [2.45, 2.75) is 24.7 Å². The highest BCUT2D eigenvalue weighted by atomic mass is 35.5. The zero-order valence-corrected chi connectivity index (χ0v) is 14.6. The van der Waals surface area contributed by atoms with Gasteiger partial charge in [0, 0.05) is 15.6 Å². The van der Waals surface area contributed by atoms with Crippen LogP contribution in [0.5, 0.6) is 5.75 Å². The molecule has 122 valence electrons. The van der Waals surface area contributed by atoms with Crippen molar-refractivity contribution in [1.29, 1.82) is 0 Å². The average Bonchev–Trinajstić information content (AvgIpc) is 2.56. The number of halogens is 1. The number of thioether (sulfide) groups is 1. The van der Waals surface area contributed by atoms with Gasteiger partial charge in [-0.15, -0.1) is 11.8 Å². The van der Waals surface area contributed by atoms with Crippen molar-refractivity contribution >= 4 is 35.0 Å². The molecular weight excluding hydrogens is 330 g/mol. The number of amides is 1. The number of carbonyl (C=O) groups is 1. The van der Waals surface area contributed by atoms with E-state index in [4.69, 9.17) is 16.3 Å². The Hall–Kier alpha value is -1.65. The van der Waals surface area contributed by atoms with Gasteiger partial charge in [-0.3, -0.25) is 4.79 Å². The third-order valence-electron chi connectivity index (χ3n) is 3.09. The molecule has 0 bridgehead atoms. The summed E-state index contributed by atoms with van der Waals surface area (Å²) in [7, 11) is 0. The van der Waals surface area contributed by atoms with Gasteiger partial charge in [-0.1, -0.05) is 24.9 Å². The van der Waals surface area contributed by atoms with Crippen LogP contribution in [0.1, 0.15) is 19.8 Å². The molecule has 0 saturated heterocycles. The second-order valence-electron chi connectivity index (χ2n) is 5.02. The number of anilines is 1. The van der Waals surface area contributed by atoms with E-state index in [2.05, 4.69) is 12.2 Å². The van der Waals surface area contributed by atoms with E-state index < -0.39 is 0 Å². The Kier molecular flexibility index (Phi) is 7.30. The van der Waals surface area contributed by atoms with Crippen molar-refractivity contribution in [3.05, 3.63) is 53.6 Å². The van der Waals surface area contributed by atoms with Crippen LogP contribution in [0.4, 0.5) is 5.69 Å². The van der Waals surface area contributed by atoms with Crippen LogP contribution < -0.4 is 10.1 Å². The molecule has 2 aromatic carbocycles. The Labute approximate surface area is 146 Å². The first kappa shape index (κ1) is 17.7. The molecular formula is C18H20ClNO2S. The molecule has 0 radical (unpaired) electrons. The van der Waals surface area contributed by atoms with Crippen LogP contribution >= 0.6 is 23.4 Å². The lowest BCUT2D eigenvalue weighted by Gasteiger charge is -2.08. The Balaban J connectivity index is 1.77. The van der Waals surface area contributed by atoms with Crippen molar-refractivity contribution in [3.63, 3.8) is 0 Å². The van der Waals surface area contributed by atoms with E-state index in [1.165, 1.54) is 11.8 Å². The lowest BCUT2D eigenvalue weighted by atomic mass is 10.3. The number of unbranched alkanes of at least 4 members (excludes halogenated alkanes) is 1. The quantitative estimate of drug-likeness (QED) is 0.522. The summed E-state index contributed by atoms with van der Waals surface area (Å²) in [4.78, 5) is 13.0. The fourth-order valence-corrected chi connectivity index (χ4v) is 2.67. The third kappa shape index (κ3) is 6.55. The van der Waals surface area contributed by atoms with Crippen LogP contribution in [0.2, 0.25) is 5.02 Å². The second kappa shape index (κ2) is 9.48. The Morgan fingerprint density at radius 2 is 1.83 bits per heavy atom. The Morgan fingerprint density at radius 3 is 2.48 bits per heavy atom. The molecule has 0 aliphatic heterocycles. The number of ether oxygens (including phenoxy) is 1. The van der Waals surface area contributed by atoms with Crippen molar-refractivity contribution < 1.29 is 9.53 Å². The smallest absolute Gasteiger partial charge is 0.234 e. The summed E-state index contributed by atoms with van der Waals surface area (Å²) in [5.74, 6) is 1.15. The van der Waals surface area contributed by atoms with Crippen LogP contribution in [0, 0.1) is 0 Å². The molecule has 0 unspecified atom stereocenters. The van der Waals surface area contributed by atoms with Crippen molar-refractivity contribution in [2.24, 2.45) is 0 Å². The summed E-state index contributed by atoms with van der Waals surface area (Å²) in [5.41, 5.74) is 0.773. The molecule has 0 heterocycles. The van der Waals surface area contributed by atoms with Gasteiger partial charge in [-0.05, 0) is 55.0 Å². The third-order valence-corrected chi connectivity index (χ3v) is 4.35. The predicted octanol–water partition coefficient (Wildman–Crippen LogP) is 5.25. The van der Waals surface area contributed by atoms with Crippen LogP contribution in [0.3, 0.4) is 0 Å². The van der Waals surface area contributed by atoms with Gasteiger partial charge in [-0.2, -0.15) is 0 Å². The van der Waals surface area contributed by atoms with Crippen LogP contribution in [-0.4, -0.2) is 18.3 Å². The summed E-state index contributed by atoms with van der Waals surface area (Å²) < 4.78 is 5.59. The number of hydrogen-bond acceptors (Lipinski definition) is 3. The van der Waals surface area contributed by atoms with E-state index in [9.17, 15) is 4.79 Å². The van der Waals surface area contributed by atoms with Gasteiger partial charge in [0.25, 0.3) is 0 Å². The lowest BCUT2D eigenvalue weighted by Crippen LogP contribution is -2.13. The molecule has 1 amide bonds. The number of benzene rings is 2. The van der Waals surface area contributed by atoms with Crippen molar-refractivity contribution in [1.82, 2.24) is 0 Å². The zero-order chi connectivity index (χ0) is 16.5. The highest BCUT2D eigenvalue weighted by molar-refractivity contribution is 8.00. The maximum absolute atomic E-state index is 12.0. The van der Waals surface area contributed by atoms with Gasteiger partial charge in [-0.25, -0.2) is 0 Å². The van der Waals surface area contributed by atoms with Crippen LogP contribution in [-0.2, 0) is 4.79 Å². The van der Waals surface area contributed by atoms with Gasteiger partial charge in [0.1, 0.15) is 5.75 Å². The van der Waals surface area contributed by atoms with Gasteiger partial charge in [0.2, 0.25) is 5.91 Å². The van der Waals surface area contributed by atoms with Crippen LogP contribution in [0.15, 0.2) is 53.4 Å². The summed E-state index contributed by atoms with van der Waals surface area (Å²) in [6.07, 6.45) is 2.15. The van der Waals surface area contributed by atoms with Crippen LogP contribution in [0.25, 0.3) is 0 Å². The fourth-order valence-electron chi connectivity index (χ4n) is 1.85. The molecule has 1 N–H and O–H groups in total. The van der Waals surface area contributed by atoms with E-state index >= 15 is 0 Å². The monoisotopic (exact) mass is 349 g/mol. The molecule has 0 aromatic heterocycles. The van der Waals surface area contributed by atoms with E-state index in [0.717, 1.165) is 35.8 Å². The first-order valence-electron chi connectivity index (χ1n) is 7.58. The summed E-state index contributed by atoms with van der Waals surface area (Å²) >= 11 is 7.31. The molecule has 23 heavy (non-hydrogen) atoms. The molecule has 0 fully saturated rings. The maximum atomic E-state index is 12.0. The highest BCUT2D eigenvalue weighted by Crippen LogP contribution is 2.21. The summed E-state index contributed by atoms with van der Waals surface area (Å²) in [5, 5.41) is 3.57. The molecule has 0 aliphatic carbocycles. The topological polar surface area (TPSA) is 38.3 Å². The van der Waals surface area contributed by atoms with Gasteiger partial charge in [0.15, 0.2) is 0 Å². The predicted molar refractivity (Wildman–Crippen MR) is 97.7 cm³/mol. The molecule has 2 rings (SSSR count). The van der Waals surface area contributed by atoms with E-state index in [1.54, 1.807) is 0 Å². The van der Waals surface area contributed by atoms with Crippen molar-refractivity contribution in [3.8, 4) is 5.75 Å². The second-order valence-corrected chi connectivity index (χ2v) is 6.50. The molecule has 0 spiro atoms. The lowest BCUT2D eigenvalue weighted by molar-refractivity contribution is -0.113. The average molecular weight is 350 g/mol.